The zero-order valence-electron chi connectivity index (χ0n) is 5.79. The fourth-order valence-electron chi connectivity index (χ4n) is 0.781. The van der Waals surface area contributed by atoms with Gasteiger partial charge in [-0.15, -0.1) is 0 Å². The second-order valence-corrected chi connectivity index (χ2v) is 2.84. The summed E-state index contributed by atoms with van der Waals surface area (Å²) in [7, 11) is 1.60. The monoisotopic (exact) mass is 193 g/mol. The van der Waals surface area contributed by atoms with E-state index in [9.17, 15) is 4.39 Å². The van der Waals surface area contributed by atoms with Crippen LogP contribution in [0.2, 0.25) is 10.0 Å². The summed E-state index contributed by atoms with van der Waals surface area (Å²) in [6.45, 7) is 0. The Bertz CT molecular complexity index is 252. The Labute approximate surface area is 74.1 Å². The topological polar surface area (TPSA) is 12.0 Å². The van der Waals surface area contributed by atoms with E-state index < -0.39 is 5.82 Å². The average molecular weight is 194 g/mol. The van der Waals surface area contributed by atoms with Crippen LogP contribution in [0.3, 0.4) is 0 Å². The van der Waals surface area contributed by atoms with Crippen LogP contribution in [-0.2, 0) is 0 Å². The van der Waals surface area contributed by atoms with Gasteiger partial charge in [0, 0.05) is 12.1 Å². The molecule has 0 atom stereocenters. The van der Waals surface area contributed by atoms with Crippen LogP contribution in [0.4, 0.5) is 10.1 Å². The van der Waals surface area contributed by atoms with E-state index >= 15 is 0 Å². The lowest BCUT2D eigenvalue weighted by Gasteiger charge is -2.04. The molecule has 0 spiro atoms. The lowest BCUT2D eigenvalue weighted by atomic mass is 10.3. The molecule has 0 aliphatic rings. The van der Waals surface area contributed by atoms with Gasteiger partial charge in [-0.1, -0.05) is 23.2 Å². The average Bonchev–Trinajstić information content (AvgIpc) is 1.85. The maximum Gasteiger partial charge on any atom is 0.149 e. The minimum Gasteiger partial charge on any atom is -0.385 e. The van der Waals surface area contributed by atoms with Crippen molar-refractivity contribution in [3.63, 3.8) is 0 Å². The molecule has 0 saturated carbocycles. The largest absolute Gasteiger partial charge is 0.385 e. The molecule has 0 aliphatic heterocycles. The molecule has 0 unspecified atom stereocenters. The van der Waals surface area contributed by atoms with E-state index in [2.05, 4.69) is 5.32 Å². The van der Waals surface area contributed by atoms with E-state index in [1.807, 2.05) is 0 Å². The molecule has 11 heavy (non-hydrogen) atoms. The van der Waals surface area contributed by atoms with Gasteiger partial charge < -0.3 is 5.32 Å². The highest BCUT2D eigenvalue weighted by Crippen LogP contribution is 2.28. The predicted octanol–water partition coefficient (Wildman–Crippen LogP) is 3.17. The lowest BCUT2D eigenvalue weighted by molar-refractivity contribution is 0.631. The number of rotatable bonds is 1. The van der Waals surface area contributed by atoms with E-state index in [4.69, 9.17) is 23.2 Å². The Balaban J connectivity index is 3.25. The van der Waals surface area contributed by atoms with E-state index in [1.54, 1.807) is 7.05 Å². The molecule has 0 amide bonds. The first-order valence-electron chi connectivity index (χ1n) is 2.97. The molecule has 4 heteroatoms. The zero-order chi connectivity index (χ0) is 8.43. The smallest absolute Gasteiger partial charge is 0.149 e. The van der Waals surface area contributed by atoms with Crippen molar-refractivity contribution >= 4 is 28.9 Å². The van der Waals surface area contributed by atoms with Crippen LogP contribution in [-0.4, -0.2) is 7.05 Å². The molecule has 60 valence electrons. The van der Waals surface area contributed by atoms with E-state index in [1.165, 1.54) is 12.1 Å². The molecule has 0 aliphatic carbocycles. The van der Waals surface area contributed by atoms with Crippen molar-refractivity contribution in [3.05, 3.63) is 28.0 Å². The number of hydrogen-bond donors (Lipinski definition) is 1. The first-order valence-corrected chi connectivity index (χ1v) is 3.73. The number of halogens is 3. The van der Waals surface area contributed by atoms with Gasteiger partial charge >= 0.3 is 0 Å². The molecule has 0 heterocycles. The van der Waals surface area contributed by atoms with Gasteiger partial charge in [-0.2, -0.15) is 0 Å². The Morgan fingerprint density at radius 3 is 2.45 bits per heavy atom. The fourth-order valence-corrected chi connectivity index (χ4v) is 1.34. The highest BCUT2D eigenvalue weighted by atomic mass is 35.5. The predicted molar refractivity (Wildman–Crippen MR) is 46.0 cm³/mol. The molecular formula is C7H6Cl2FN. The summed E-state index contributed by atoms with van der Waals surface area (Å²) in [6.07, 6.45) is 0. The summed E-state index contributed by atoms with van der Waals surface area (Å²) in [4.78, 5) is 0. The highest BCUT2D eigenvalue weighted by molar-refractivity contribution is 6.36. The molecule has 1 rings (SSSR count). The summed E-state index contributed by atoms with van der Waals surface area (Å²) in [6, 6.07) is 2.69. The minimum absolute atomic E-state index is 0.274. The highest BCUT2D eigenvalue weighted by Gasteiger charge is 2.05. The van der Waals surface area contributed by atoms with Gasteiger partial charge in [0.1, 0.15) is 5.82 Å². The van der Waals surface area contributed by atoms with Crippen LogP contribution < -0.4 is 5.32 Å². The van der Waals surface area contributed by atoms with Crippen molar-refractivity contribution in [2.45, 2.75) is 0 Å². The molecule has 0 aromatic heterocycles. The maximum atomic E-state index is 12.9. The molecule has 0 saturated heterocycles. The van der Waals surface area contributed by atoms with Gasteiger partial charge in [0.15, 0.2) is 0 Å². The number of hydrogen-bond acceptors (Lipinski definition) is 1. The summed E-state index contributed by atoms with van der Waals surface area (Å²) in [5.41, 5.74) is 0.274. The van der Waals surface area contributed by atoms with Crippen molar-refractivity contribution < 1.29 is 4.39 Å². The first kappa shape index (κ1) is 8.62. The van der Waals surface area contributed by atoms with Gasteiger partial charge in [0.05, 0.1) is 10.7 Å². The zero-order valence-corrected chi connectivity index (χ0v) is 7.30. The second-order valence-electron chi connectivity index (χ2n) is 1.99. The summed E-state index contributed by atoms with van der Waals surface area (Å²) in [5.74, 6) is -0.440. The van der Waals surface area contributed by atoms with Crippen LogP contribution in [0, 0.1) is 5.82 Å². The van der Waals surface area contributed by atoms with Crippen LogP contribution in [0.5, 0.6) is 0 Å². The van der Waals surface area contributed by atoms with Crippen molar-refractivity contribution in [1.29, 1.82) is 0 Å². The number of benzene rings is 1. The van der Waals surface area contributed by atoms with E-state index in [-0.39, 0.29) is 10.7 Å². The Hall–Kier alpha value is -0.470. The standard InChI is InChI=1S/C7H6Cl2FN/c1-11-7-5(9)2-4(8)3-6(7)10/h2-3,11H,1H3. The minimum atomic E-state index is -0.440. The van der Waals surface area contributed by atoms with Crippen LogP contribution in [0.1, 0.15) is 0 Å². The second kappa shape index (κ2) is 3.28. The molecule has 1 N–H and O–H groups in total. The molecule has 1 nitrogen and oxygen atoms in total. The quantitative estimate of drug-likeness (QED) is 0.723. The maximum absolute atomic E-state index is 12.9. The number of anilines is 1. The van der Waals surface area contributed by atoms with Crippen molar-refractivity contribution in [2.24, 2.45) is 0 Å². The lowest BCUT2D eigenvalue weighted by Crippen LogP contribution is -1.93. The van der Waals surface area contributed by atoms with Crippen LogP contribution >= 0.6 is 23.2 Å². The van der Waals surface area contributed by atoms with Crippen LogP contribution in [0.15, 0.2) is 12.1 Å². The molecule has 1 aromatic carbocycles. The third-order valence-corrected chi connectivity index (χ3v) is 1.77. The van der Waals surface area contributed by atoms with Gasteiger partial charge in [-0.25, -0.2) is 4.39 Å². The first-order chi connectivity index (χ1) is 5.15. The molecular weight excluding hydrogens is 188 g/mol. The van der Waals surface area contributed by atoms with Crippen molar-refractivity contribution in [3.8, 4) is 0 Å². The third-order valence-electron chi connectivity index (χ3n) is 1.26. The van der Waals surface area contributed by atoms with Gasteiger partial charge in [0.2, 0.25) is 0 Å². The van der Waals surface area contributed by atoms with Crippen LogP contribution in [0.25, 0.3) is 0 Å². The Kier molecular flexibility index (Phi) is 2.58. The van der Waals surface area contributed by atoms with Crippen molar-refractivity contribution in [1.82, 2.24) is 0 Å². The summed E-state index contributed by atoms with van der Waals surface area (Å²) in [5, 5.41) is 3.21. The van der Waals surface area contributed by atoms with Gasteiger partial charge in [0.25, 0.3) is 0 Å². The molecule has 0 bridgehead atoms. The summed E-state index contributed by atoms with van der Waals surface area (Å²) >= 11 is 11.2. The van der Waals surface area contributed by atoms with Crippen molar-refractivity contribution in [2.75, 3.05) is 12.4 Å². The number of nitrogens with one attached hydrogen (secondary N) is 1. The molecule has 1 aromatic rings. The fraction of sp³-hybridized carbons (Fsp3) is 0.143. The summed E-state index contributed by atoms with van der Waals surface area (Å²) < 4.78 is 12.9. The SMILES string of the molecule is CNc1c(F)cc(Cl)cc1Cl. The van der Waals surface area contributed by atoms with Gasteiger partial charge in [-0.05, 0) is 12.1 Å². The molecule has 0 fully saturated rings. The molecule has 0 radical (unpaired) electrons. The van der Waals surface area contributed by atoms with E-state index in [0.717, 1.165) is 0 Å². The Morgan fingerprint density at radius 1 is 1.36 bits per heavy atom. The van der Waals surface area contributed by atoms with E-state index in [0.29, 0.717) is 5.02 Å². The normalized spacial score (nSPS) is 9.82. The van der Waals surface area contributed by atoms with Gasteiger partial charge in [-0.3, -0.25) is 0 Å². The Morgan fingerprint density at radius 2 is 2.00 bits per heavy atom. The third kappa shape index (κ3) is 1.76.